The molecule has 244 valence electrons. The van der Waals surface area contributed by atoms with Gasteiger partial charge in [0.1, 0.15) is 12.8 Å². The van der Waals surface area contributed by atoms with Crippen LogP contribution in [0.5, 0.6) is 0 Å². The maximum atomic E-state index is 8.78. The molecular formula is C38H41Cl3N6. The number of imidazole rings is 2. The molecule has 4 heterocycles. The zero-order valence-corrected chi connectivity index (χ0v) is 26.9. The van der Waals surface area contributed by atoms with Gasteiger partial charge in [-0.25, -0.2) is 9.97 Å². The molecule has 0 N–H and O–H groups in total. The first-order valence-electron chi connectivity index (χ1n) is 23.7. The van der Waals surface area contributed by atoms with Gasteiger partial charge in [0, 0.05) is 45.1 Å². The fourth-order valence-corrected chi connectivity index (χ4v) is 5.33. The Morgan fingerprint density at radius 3 is 1.51 bits per heavy atom. The predicted octanol–water partition coefficient (Wildman–Crippen LogP) is 9.09. The lowest BCUT2D eigenvalue weighted by Crippen LogP contribution is -2.21. The first-order valence-corrected chi connectivity index (χ1v) is 15.1. The van der Waals surface area contributed by atoms with E-state index in [-0.39, 0.29) is 17.3 Å². The number of benzene rings is 4. The van der Waals surface area contributed by atoms with Crippen LogP contribution in [0, 0.1) is 0 Å². The maximum Gasteiger partial charge on any atom is 0.147 e. The third-order valence-corrected chi connectivity index (χ3v) is 7.75. The van der Waals surface area contributed by atoms with Gasteiger partial charge in [-0.15, -0.1) is 12.3 Å². The summed E-state index contributed by atoms with van der Waals surface area (Å²) in [6, 6.07) is 27.9. The quantitative estimate of drug-likeness (QED) is 0.158. The van der Waals surface area contributed by atoms with Gasteiger partial charge >= 0.3 is 0 Å². The molecule has 47 heavy (non-hydrogen) atoms. The van der Waals surface area contributed by atoms with Gasteiger partial charge < -0.3 is 9.13 Å². The largest absolute Gasteiger partial charge is 0.322 e. The first kappa shape index (κ1) is 17.3. The molecule has 2 saturated heterocycles. The molecule has 8 rings (SSSR count). The Bertz CT molecular complexity index is 2660. The number of fused-ring (bicyclic) bond motifs is 2. The molecule has 0 bridgehead atoms. The monoisotopic (exact) mass is 705 g/mol. The zero-order chi connectivity index (χ0) is 49.4. The fourth-order valence-electron chi connectivity index (χ4n) is 5.08. The van der Waals surface area contributed by atoms with Crippen LogP contribution in [0.15, 0.2) is 97.1 Å². The van der Waals surface area contributed by atoms with E-state index >= 15 is 0 Å². The number of hydrogen-bond acceptors (Lipinski definition) is 4. The van der Waals surface area contributed by atoms with Crippen LogP contribution in [-0.2, 0) is 26.1 Å². The first-order chi connectivity index (χ1) is 30.4. The number of halogens is 3. The Labute approximate surface area is 319 Å². The summed E-state index contributed by atoms with van der Waals surface area (Å²) in [5.74, 6) is -0.0719. The molecule has 0 aliphatic carbocycles. The summed E-state index contributed by atoms with van der Waals surface area (Å²) in [5.41, 5.74) is 3.86. The highest BCUT2D eigenvalue weighted by molar-refractivity contribution is 6.30. The Kier molecular flexibility index (Phi) is 5.78. The molecule has 2 aliphatic heterocycles. The number of nitrogens with zero attached hydrogens (tertiary/aromatic N) is 6. The maximum absolute atomic E-state index is 8.78. The minimum Gasteiger partial charge on any atom is -0.322 e. The van der Waals surface area contributed by atoms with Crippen molar-refractivity contribution in [2.24, 2.45) is 0 Å². The van der Waals surface area contributed by atoms with E-state index in [2.05, 4.69) is 22.3 Å². The van der Waals surface area contributed by atoms with Crippen molar-refractivity contribution < 1.29 is 24.7 Å². The highest BCUT2D eigenvalue weighted by Crippen LogP contribution is 2.23. The van der Waals surface area contributed by atoms with Crippen LogP contribution in [0.25, 0.3) is 22.1 Å². The van der Waals surface area contributed by atoms with Gasteiger partial charge in [-0.1, -0.05) is 71.7 Å². The molecule has 2 aromatic heterocycles. The summed E-state index contributed by atoms with van der Waals surface area (Å²) in [4.78, 5) is 9.43. The Balaban J connectivity index is 0.000000211. The summed E-state index contributed by atoms with van der Waals surface area (Å²) < 4.78 is 156. The second kappa shape index (κ2) is 15.7. The summed E-state index contributed by atoms with van der Waals surface area (Å²) in [6.45, 7) is -15.5. The van der Waals surface area contributed by atoms with Crippen molar-refractivity contribution in [1.82, 2.24) is 28.9 Å². The lowest BCUT2D eigenvalue weighted by Gasteiger charge is -2.16. The van der Waals surface area contributed by atoms with E-state index in [4.69, 9.17) is 49.0 Å². The molecule has 6 nitrogen and oxygen atoms in total. The molecule has 0 saturated carbocycles. The minimum absolute atomic E-state index is 0.00737. The number of hydrogen-bond donors (Lipinski definition) is 0. The van der Waals surface area contributed by atoms with Crippen molar-refractivity contribution in [2.75, 3.05) is 26.0 Å². The van der Waals surface area contributed by atoms with Gasteiger partial charge in [-0.2, -0.15) is 0 Å². The standard InChI is InChI=1S/2C19H20ClN3.ClH/c2*20-16-9-7-15(8-10-16)13-23-18-6-2-1-5-17(18)21-19(23)14-22-11-3-4-12-22;/h2*1-2,5-10H,3-4,11-14H2;1H/i3D2,4D2,11D2,12D2,14D2;3D2,4D2,11D2,12D2;/hD. The Hall–Kier alpha value is -3.39. The van der Waals surface area contributed by atoms with Crippen molar-refractivity contribution in [3.63, 3.8) is 0 Å². The molecule has 0 amide bonds. The molecule has 2 aliphatic rings. The lowest BCUT2D eigenvalue weighted by molar-refractivity contribution is 0.318. The van der Waals surface area contributed by atoms with Crippen LogP contribution < -0.4 is 0 Å². The lowest BCUT2D eigenvalue weighted by atomic mass is 10.2. The van der Waals surface area contributed by atoms with E-state index in [1.165, 1.54) is 4.57 Å². The third kappa shape index (κ3) is 8.19. The molecule has 0 atom stereocenters. The average molecular weight is 707 g/mol. The van der Waals surface area contributed by atoms with Gasteiger partial charge in [-0.3, -0.25) is 9.80 Å². The van der Waals surface area contributed by atoms with Crippen molar-refractivity contribution in [2.45, 2.75) is 51.6 Å². The van der Waals surface area contributed by atoms with E-state index < -0.39 is 64.5 Å². The van der Waals surface area contributed by atoms with Gasteiger partial charge in [0.2, 0.25) is 0 Å². The summed E-state index contributed by atoms with van der Waals surface area (Å²) in [7, 11) is 0. The average Bonchev–Trinajstić information content (AvgIpc) is 3.82. The van der Waals surface area contributed by atoms with Crippen molar-refractivity contribution in [3.05, 3.63) is 130 Å². The number of rotatable bonds is 8. The molecule has 0 spiro atoms. The van der Waals surface area contributed by atoms with Gasteiger partial charge in [0.25, 0.3) is 0 Å². The number of para-hydroxylation sites is 4. The summed E-state index contributed by atoms with van der Waals surface area (Å²) >= 11 is 15.8. The smallest absolute Gasteiger partial charge is 0.147 e. The van der Waals surface area contributed by atoms with E-state index in [0.717, 1.165) is 16.6 Å². The van der Waals surface area contributed by atoms with Crippen LogP contribution in [0.2, 0.25) is 10.0 Å². The van der Waals surface area contributed by atoms with E-state index in [1.54, 1.807) is 77.4 Å². The zero-order valence-electron chi connectivity index (χ0n) is 43.7. The third-order valence-electron chi connectivity index (χ3n) is 7.25. The van der Waals surface area contributed by atoms with Crippen LogP contribution in [-0.4, -0.2) is 56.1 Å². The molecule has 6 aromatic rings. The van der Waals surface area contributed by atoms with E-state index in [0.29, 0.717) is 43.9 Å². The molecule has 9 heteroatoms. The van der Waals surface area contributed by atoms with Crippen LogP contribution in [0.4, 0.5) is 0 Å². The highest BCUT2D eigenvalue weighted by Gasteiger charge is 2.19. The van der Waals surface area contributed by atoms with Crippen LogP contribution in [0.3, 0.4) is 0 Å². The predicted molar refractivity (Wildman–Crippen MR) is 197 cm³/mol. The molecule has 0 radical (unpaired) electrons. The Morgan fingerprint density at radius 2 is 1.00 bits per heavy atom. The SMILES string of the molecule is [2H]C([2H])(c1nc2ccccc2n1Cc1ccc(Cl)cc1)N1C([2H])([2H])C([2H])([2H])C([2H])([2H])C1([2H])[2H].[2H]C1([2H])N(Cc2nc3ccccc3n2Cc2ccc(Cl)cc2)C([2H])([2H])C([2H])([2H])C1([2H])[2H].[2H]Cl. The van der Waals surface area contributed by atoms with Crippen molar-refractivity contribution >= 4 is 57.6 Å². The van der Waals surface area contributed by atoms with Crippen molar-refractivity contribution in [3.8, 4) is 0 Å². The highest BCUT2D eigenvalue weighted by atomic mass is 35.5. The fraction of sp³-hybridized carbons (Fsp3) is 0.316. The second-order valence-electron chi connectivity index (χ2n) is 10.3. The topological polar surface area (TPSA) is 42.1 Å². The number of likely N-dealkylation sites (tertiary alicyclic amines) is 2. The molecule has 0 unspecified atom stereocenters. The Morgan fingerprint density at radius 1 is 0.574 bits per heavy atom. The summed E-state index contributed by atoms with van der Waals surface area (Å²) in [6.07, 6.45) is -12.9. The summed E-state index contributed by atoms with van der Waals surface area (Å²) in [5, 5.41) is 1.09. The normalized spacial score (nSPS) is 29.9. The van der Waals surface area contributed by atoms with E-state index in [1.807, 2.05) is 24.3 Å². The van der Waals surface area contributed by atoms with Crippen molar-refractivity contribution in [1.29, 1.82) is 1.17 Å². The van der Waals surface area contributed by atoms with E-state index in [9.17, 15) is 0 Å². The van der Waals surface area contributed by atoms with Crippen LogP contribution >= 0.6 is 35.5 Å². The number of aromatic nitrogens is 4. The van der Waals surface area contributed by atoms with Crippen LogP contribution in [0.1, 0.15) is 72.9 Å². The van der Waals surface area contributed by atoms with Gasteiger partial charge in [0.05, 0.1) is 37.8 Å². The van der Waals surface area contributed by atoms with Gasteiger partial charge in [0.15, 0.2) is 0 Å². The minimum atomic E-state index is -3.36. The van der Waals surface area contributed by atoms with Gasteiger partial charge in [-0.05, 0) is 111 Å². The molecule has 4 aromatic carbocycles. The molecule has 2 fully saturated rings. The molecular weight excluding hydrogens is 647 g/mol. The second-order valence-corrected chi connectivity index (χ2v) is 11.2.